The second-order valence-electron chi connectivity index (χ2n) is 5.15. The monoisotopic (exact) mass is 348 g/mol. The van der Waals surface area contributed by atoms with Gasteiger partial charge in [-0.3, -0.25) is 4.79 Å². The SMILES string of the molecule is Cc1cc2ccccc2n1CC(=O)OCc1nc(Cl)ccc1Cl. The maximum atomic E-state index is 12.1. The van der Waals surface area contributed by atoms with Gasteiger partial charge in [0, 0.05) is 11.2 Å². The fourth-order valence-electron chi connectivity index (χ4n) is 2.44. The smallest absolute Gasteiger partial charge is 0.326 e. The first kappa shape index (κ1) is 15.8. The van der Waals surface area contributed by atoms with Crippen LogP contribution >= 0.6 is 23.2 Å². The van der Waals surface area contributed by atoms with Gasteiger partial charge in [-0.1, -0.05) is 41.4 Å². The van der Waals surface area contributed by atoms with Gasteiger partial charge in [-0.05, 0) is 36.6 Å². The standard InChI is InChI=1S/C17H14Cl2N2O2/c1-11-8-12-4-2-3-5-15(12)21(11)9-17(22)23-10-14-13(18)6-7-16(19)20-14/h2-8H,9-10H2,1H3. The molecule has 118 valence electrons. The Bertz CT molecular complexity index is 874. The van der Waals surface area contributed by atoms with E-state index in [1.54, 1.807) is 12.1 Å². The molecule has 0 aliphatic rings. The molecule has 0 amide bonds. The van der Waals surface area contributed by atoms with Crippen LogP contribution in [0, 0.1) is 6.92 Å². The quantitative estimate of drug-likeness (QED) is 0.518. The van der Waals surface area contributed by atoms with Gasteiger partial charge in [0.2, 0.25) is 0 Å². The highest BCUT2D eigenvalue weighted by Gasteiger charge is 2.12. The lowest BCUT2D eigenvalue weighted by atomic mass is 10.2. The van der Waals surface area contributed by atoms with E-state index in [1.807, 2.05) is 41.8 Å². The van der Waals surface area contributed by atoms with Crippen molar-refractivity contribution in [3.63, 3.8) is 0 Å². The maximum Gasteiger partial charge on any atom is 0.326 e. The Hall–Kier alpha value is -2.04. The van der Waals surface area contributed by atoms with Crippen molar-refractivity contribution in [3.8, 4) is 0 Å². The molecule has 0 atom stereocenters. The number of carbonyl (C=O) groups excluding carboxylic acids is 1. The fourth-order valence-corrected chi connectivity index (χ4v) is 2.77. The Morgan fingerprint density at radius 3 is 2.83 bits per heavy atom. The van der Waals surface area contributed by atoms with Gasteiger partial charge >= 0.3 is 5.97 Å². The highest BCUT2D eigenvalue weighted by molar-refractivity contribution is 6.32. The van der Waals surface area contributed by atoms with E-state index in [4.69, 9.17) is 27.9 Å². The van der Waals surface area contributed by atoms with Crippen molar-refractivity contribution in [1.82, 2.24) is 9.55 Å². The fraction of sp³-hybridized carbons (Fsp3) is 0.176. The van der Waals surface area contributed by atoms with Crippen LogP contribution in [0.5, 0.6) is 0 Å². The molecule has 4 nitrogen and oxygen atoms in total. The summed E-state index contributed by atoms with van der Waals surface area (Å²) in [6.07, 6.45) is 0. The summed E-state index contributed by atoms with van der Waals surface area (Å²) in [6, 6.07) is 13.2. The summed E-state index contributed by atoms with van der Waals surface area (Å²) < 4.78 is 7.20. The lowest BCUT2D eigenvalue weighted by Crippen LogP contribution is -2.14. The zero-order valence-corrected chi connectivity index (χ0v) is 13.9. The molecule has 0 unspecified atom stereocenters. The minimum absolute atomic E-state index is 0.00350. The molecule has 1 aromatic carbocycles. The van der Waals surface area contributed by atoms with Crippen molar-refractivity contribution in [2.24, 2.45) is 0 Å². The number of nitrogens with zero attached hydrogens (tertiary/aromatic N) is 2. The Labute approximate surface area is 143 Å². The number of para-hydroxylation sites is 1. The van der Waals surface area contributed by atoms with Gasteiger partial charge in [-0.15, -0.1) is 0 Å². The zero-order valence-electron chi connectivity index (χ0n) is 12.4. The normalized spacial score (nSPS) is 10.9. The first-order valence-corrected chi connectivity index (χ1v) is 7.81. The molecule has 2 aromatic heterocycles. The third kappa shape index (κ3) is 3.49. The zero-order chi connectivity index (χ0) is 16.4. The molecular weight excluding hydrogens is 335 g/mol. The summed E-state index contributed by atoms with van der Waals surface area (Å²) in [5.74, 6) is -0.354. The average Bonchev–Trinajstić information content (AvgIpc) is 2.84. The number of benzene rings is 1. The number of fused-ring (bicyclic) bond motifs is 1. The van der Waals surface area contributed by atoms with Crippen LogP contribution < -0.4 is 0 Å². The van der Waals surface area contributed by atoms with Gasteiger partial charge in [-0.2, -0.15) is 0 Å². The van der Waals surface area contributed by atoms with Crippen LogP contribution in [0.25, 0.3) is 10.9 Å². The van der Waals surface area contributed by atoms with E-state index >= 15 is 0 Å². The van der Waals surface area contributed by atoms with E-state index < -0.39 is 0 Å². The van der Waals surface area contributed by atoms with Crippen molar-refractivity contribution in [2.75, 3.05) is 0 Å². The molecule has 0 spiro atoms. The predicted octanol–water partition coefficient (Wildman–Crippen LogP) is 4.39. The summed E-state index contributed by atoms with van der Waals surface area (Å²) in [5.41, 5.74) is 2.45. The number of hydrogen-bond acceptors (Lipinski definition) is 3. The molecule has 3 aromatic rings. The van der Waals surface area contributed by atoms with Crippen LogP contribution in [0.1, 0.15) is 11.4 Å². The number of carbonyl (C=O) groups is 1. The molecule has 0 radical (unpaired) electrons. The van der Waals surface area contributed by atoms with Gasteiger partial charge < -0.3 is 9.30 Å². The summed E-state index contributed by atoms with van der Waals surface area (Å²) in [4.78, 5) is 16.2. The Balaban J connectivity index is 1.72. The second kappa shape index (κ2) is 6.60. The molecule has 0 fully saturated rings. The van der Waals surface area contributed by atoms with Gasteiger partial charge in [0.25, 0.3) is 0 Å². The number of ether oxygens (including phenoxy) is 1. The molecule has 3 rings (SSSR count). The van der Waals surface area contributed by atoms with E-state index in [0.717, 1.165) is 16.6 Å². The van der Waals surface area contributed by atoms with Crippen LogP contribution in [0.3, 0.4) is 0 Å². The van der Waals surface area contributed by atoms with Crippen LogP contribution in [-0.4, -0.2) is 15.5 Å². The van der Waals surface area contributed by atoms with Gasteiger partial charge in [-0.25, -0.2) is 4.98 Å². The molecule has 0 aliphatic heterocycles. The maximum absolute atomic E-state index is 12.1. The number of esters is 1. The van der Waals surface area contributed by atoms with E-state index in [-0.39, 0.29) is 19.1 Å². The van der Waals surface area contributed by atoms with Crippen molar-refractivity contribution in [2.45, 2.75) is 20.1 Å². The largest absolute Gasteiger partial charge is 0.458 e. The molecule has 2 heterocycles. The topological polar surface area (TPSA) is 44.1 Å². The molecule has 0 saturated carbocycles. The van der Waals surface area contributed by atoms with Crippen LogP contribution in [-0.2, 0) is 22.7 Å². The molecule has 23 heavy (non-hydrogen) atoms. The van der Waals surface area contributed by atoms with Gasteiger partial charge in [0.05, 0.1) is 10.7 Å². The number of halogens is 2. The summed E-state index contributed by atoms with van der Waals surface area (Å²) in [5, 5.41) is 1.83. The third-order valence-corrected chi connectivity index (χ3v) is 4.11. The predicted molar refractivity (Wildman–Crippen MR) is 90.7 cm³/mol. The Morgan fingerprint density at radius 2 is 2.00 bits per heavy atom. The lowest BCUT2D eigenvalue weighted by molar-refractivity contribution is -0.145. The number of rotatable bonds is 4. The summed E-state index contributed by atoms with van der Waals surface area (Å²) in [7, 11) is 0. The molecule has 0 saturated heterocycles. The summed E-state index contributed by atoms with van der Waals surface area (Å²) in [6.45, 7) is 2.09. The van der Waals surface area contributed by atoms with Crippen molar-refractivity contribution in [3.05, 3.63) is 64.0 Å². The number of aromatic nitrogens is 2. The van der Waals surface area contributed by atoms with Crippen LogP contribution in [0.2, 0.25) is 10.2 Å². The molecular formula is C17H14Cl2N2O2. The van der Waals surface area contributed by atoms with Crippen molar-refractivity contribution < 1.29 is 9.53 Å². The Morgan fingerprint density at radius 1 is 1.22 bits per heavy atom. The molecule has 0 N–H and O–H groups in total. The lowest BCUT2D eigenvalue weighted by Gasteiger charge is -2.09. The van der Waals surface area contributed by atoms with Crippen LogP contribution in [0.4, 0.5) is 0 Å². The highest BCUT2D eigenvalue weighted by Crippen LogP contribution is 2.20. The number of aryl methyl sites for hydroxylation is 1. The molecule has 0 bridgehead atoms. The first-order chi connectivity index (χ1) is 11.0. The first-order valence-electron chi connectivity index (χ1n) is 7.06. The minimum Gasteiger partial charge on any atom is -0.458 e. The third-order valence-electron chi connectivity index (χ3n) is 3.56. The highest BCUT2D eigenvalue weighted by atomic mass is 35.5. The summed E-state index contributed by atoms with van der Waals surface area (Å²) >= 11 is 11.8. The van der Waals surface area contributed by atoms with E-state index in [2.05, 4.69) is 4.98 Å². The van der Waals surface area contributed by atoms with Crippen molar-refractivity contribution >= 4 is 40.1 Å². The average molecular weight is 349 g/mol. The van der Waals surface area contributed by atoms with E-state index in [1.165, 1.54) is 0 Å². The minimum atomic E-state index is -0.354. The molecule has 6 heteroatoms. The second-order valence-corrected chi connectivity index (χ2v) is 5.95. The molecule has 0 aliphatic carbocycles. The Kier molecular flexibility index (Phi) is 4.55. The number of pyridine rings is 1. The van der Waals surface area contributed by atoms with Crippen molar-refractivity contribution in [1.29, 1.82) is 0 Å². The number of hydrogen-bond donors (Lipinski definition) is 0. The van der Waals surface area contributed by atoms with Gasteiger partial charge in [0.1, 0.15) is 18.3 Å². The van der Waals surface area contributed by atoms with E-state index in [0.29, 0.717) is 15.9 Å². The van der Waals surface area contributed by atoms with Gasteiger partial charge in [0.15, 0.2) is 0 Å². The van der Waals surface area contributed by atoms with Crippen LogP contribution in [0.15, 0.2) is 42.5 Å². The van der Waals surface area contributed by atoms with E-state index in [9.17, 15) is 4.79 Å².